The van der Waals surface area contributed by atoms with Gasteiger partial charge in [0, 0.05) is 18.4 Å². The van der Waals surface area contributed by atoms with Crippen molar-refractivity contribution >= 4 is 34.3 Å². The number of hydrogen-bond acceptors (Lipinski definition) is 2. The topological polar surface area (TPSA) is 3.24 Å². The van der Waals surface area contributed by atoms with Crippen LogP contribution in [-0.2, 0) is 11.8 Å². The molecule has 1 aliphatic rings. The molecule has 0 radical (unpaired) electrons. The molecule has 1 fully saturated rings. The second-order valence-electron chi connectivity index (χ2n) is 3.94. The van der Waals surface area contributed by atoms with Crippen molar-refractivity contribution in [3.8, 4) is 0 Å². The van der Waals surface area contributed by atoms with E-state index in [-0.39, 0.29) is 0 Å². The summed E-state index contributed by atoms with van der Waals surface area (Å²) in [5.74, 6) is 0. The van der Waals surface area contributed by atoms with Gasteiger partial charge in [-0.2, -0.15) is 3.89 Å². The predicted octanol–water partition coefficient (Wildman–Crippen LogP) is 3.73. The van der Waals surface area contributed by atoms with Crippen LogP contribution in [0, 0.1) is 0 Å². The maximum atomic E-state index is 13.3. The number of halogens is 1. The van der Waals surface area contributed by atoms with Crippen LogP contribution < -0.4 is 5.30 Å². The SMILES string of the molecule is FSP(=S)(c1ccccc1)N1CCCCC1. The Hall–Kier alpha value is 0.110. The monoisotopic (exact) mass is 275 g/mol. The van der Waals surface area contributed by atoms with E-state index in [4.69, 9.17) is 11.8 Å². The lowest BCUT2D eigenvalue weighted by Gasteiger charge is -2.34. The van der Waals surface area contributed by atoms with Crippen LogP contribution in [0.4, 0.5) is 3.89 Å². The van der Waals surface area contributed by atoms with E-state index in [0.29, 0.717) is 11.8 Å². The van der Waals surface area contributed by atoms with Gasteiger partial charge < -0.3 is 0 Å². The van der Waals surface area contributed by atoms with Gasteiger partial charge in [-0.1, -0.05) is 48.6 Å². The third-order valence-electron chi connectivity index (χ3n) is 2.88. The molecular formula is C11H15FNPS2. The molecule has 1 heterocycles. The zero-order valence-corrected chi connectivity index (χ0v) is 11.5. The molecule has 0 N–H and O–H groups in total. The molecule has 1 aromatic rings. The lowest BCUT2D eigenvalue weighted by Crippen LogP contribution is -2.29. The Bertz CT molecular complexity index is 379. The second-order valence-corrected chi connectivity index (χ2v) is 10.5. The molecule has 1 saturated heterocycles. The lowest BCUT2D eigenvalue weighted by molar-refractivity contribution is 0.374. The fourth-order valence-corrected chi connectivity index (χ4v) is 6.07. The van der Waals surface area contributed by atoms with E-state index >= 15 is 0 Å². The van der Waals surface area contributed by atoms with Crippen molar-refractivity contribution in [2.75, 3.05) is 13.1 Å². The van der Waals surface area contributed by atoms with Gasteiger partial charge in [0.25, 0.3) is 0 Å². The molecule has 1 aromatic carbocycles. The number of nitrogens with zero attached hydrogens (tertiary/aromatic N) is 1. The van der Waals surface area contributed by atoms with Gasteiger partial charge in [0.1, 0.15) is 17.2 Å². The molecule has 0 bridgehead atoms. The highest BCUT2D eigenvalue weighted by Gasteiger charge is 2.30. The fraction of sp³-hybridized carbons (Fsp3) is 0.455. The van der Waals surface area contributed by atoms with Gasteiger partial charge in [-0.25, -0.2) is 0 Å². The Morgan fingerprint density at radius 1 is 1.12 bits per heavy atom. The maximum absolute atomic E-state index is 13.3. The summed E-state index contributed by atoms with van der Waals surface area (Å²) < 4.78 is 15.5. The second kappa shape index (κ2) is 5.63. The number of piperidine rings is 1. The fourth-order valence-electron chi connectivity index (χ4n) is 2.00. The summed E-state index contributed by atoms with van der Waals surface area (Å²) in [6, 6.07) is 9.75. The van der Waals surface area contributed by atoms with Crippen molar-refractivity contribution in [3.63, 3.8) is 0 Å². The number of benzene rings is 1. The molecule has 16 heavy (non-hydrogen) atoms. The number of hydrogen-bond donors (Lipinski definition) is 0. The minimum absolute atomic E-state index is 0.384. The summed E-state index contributed by atoms with van der Waals surface area (Å²) in [6.45, 7) is 1.90. The van der Waals surface area contributed by atoms with Gasteiger partial charge in [-0.15, -0.1) is 0 Å². The molecule has 88 valence electrons. The normalized spacial score (nSPS) is 21.6. The Morgan fingerprint density at radius 3 is 2.31 bits per heavy atom. The molecular weight excluding hydrogens is 260 g/mol. The van der Waals surface area contributed by atoms with E-state index < -0.39 is 5.39 Å². The Kier molecular flexibility index (Phi) is 4.42. The maximum Gasteiger partial charge on any atom is 0.128 e. The minimum Gasteiger partial charge on any atom is -0.262 e. The van der Waals surface area contributed by atoms with Crippen LogP contribution in [-0.4, -0.2) is 17.8 Å². The van der Waals surface area contributed by atoms with E-state index in [1.54, 1.807) is 0 Å². The average molecular weight is 275 g/mol. The molecule has 1 unspecified atom stereocenters. The molecule has 2 rings (SSSR count). The zero-order valence-electron chi connectivity index (χ0n) is 9.01. The first-order valence-electron chi connectivity index (χ1n) is 5.49. The molecule has 0 aromatic heterocycles. The molecule has 1 atom stereocenters. The van der Waals surface area contributed by atoms with E-state index in [1.165, 1.54) is 6.42 Å². The van der Waals surface area contributed by atoms with E-state index in [1.807, 2.05) is 30.3 Å². The Morgan fingerprint density at radius 2 is 1.75 bits per heavy atom. The highest BCUT2D eigenvalue weighted by atomic mass is 32.9. The van der Waals surface area contributed by atoms with E-state index in [2.05, 4.69) is 4.67 Å². The predicted molar refractivity (Wildman–Crippen MR) is 74.5 cm³/mol. The first kappa shape index (κ1) is 12.6. The van der Waals surface area contributed by atoms with Gasteiger partial charge in [-0.3, -0.25) is 4.67 Å². The average Bonchev–Trinajstić information content (AvgIpc) is 2.40. The van der Waals surface area contributed by atoms with E-state index in [9.17, 15) is 3.89 Å². The summed E-state index contributed by atoms with van der Waals surface area (Å²) in [4.78, 5) is 0. The zero-order chi connectivity index (χ0) is 11.4. The number of rotatable bonds is 3. The van der Waals surface area contributed by atoms with Gasteiger partial charge in [0.2, 0.25) is 0 Å². The summed E-state index contributed by atoms with van der Waals surface area (Å²) in [7, 11) is 0. The largest absolute Gasteiger partial charge is 0.262 e. The van der Waals surface area contributed by atoms with Crippen molar-refractivity contribution in [2.45, 2.75) is 19.3 Å². The van der Waals surface area contributed by atoms with Crippen LogP contribution in [0.25, 0.3) is 0 Å². The van der Waals surface area contributed by atoms with Crippen molar-refractivity contribution in [2.24, 2.45) is 0 Å². The highest BCUT2D eigenvalue weighted by molar-refractivity contribution is 8.70. The van der Waals surface area contributed by atoms with Crippen LogP contribution in [0.1, 0.15) is 19.3 Å². The first-order chi connectivity index (χ1) is 7.77. The van der Waals surface area contributed by atoms with Gasteiger partial charge in [-0.05, 0) is 12.8 Å². The van der Waals surface area contributed by atoms with Crippen LogP contribution in [0.2, 0.25) is 0 Å². The summed E-state index contributed by atoms with van der Waals surface area (Å²) in [5, 5.41) is -1.23. The van der Waals surface area contributed by atoms with Crippen LogP contribution in [0.3, 0.4) is 0 Å². The highest BCUT2D eigenvalue weighted by Crippen LogP contribution is 2.61. The smallest absolute Gasteiger partial charge is 0.128 e. The Balaban J connectivity index is 2.28. The third kappa shape index (κ3) is 2.51. The minimum atomic E-state index is -2.21. The van der Waals surface area contributed by atoms with Crippen molar-refractivity contribution < 1.29 is 3.89 Å². The molecule has 0 aliphatic carbocycles. The Labute approximate surface area is 106 Å². The summed E-state index contributed by atoms with van der Waals surface area (Å²) >= 11 is 6.00. The van der Waals surface area contributed by atoms with Crippen molar-refractivity contribution in [3.05, 3.63) is 30.3 Å². The van der Waals surface area contributed by atoms with Crippen LogP contribution >= 0.6 is 17.2 Å². The van der Waals surface area contributed by atoms with Crippen LogP contribution in [0.15, 0.2) is 30.3 Å². The van der Waals surface area contributed by atoms with Crippen molar-refractivity contribution in [1.29, 1.82) is 0 Å². The molecule has 1 nitrogen and oxygen atoms in total. The molecule has 5 heteroatoms. The van der Waals surface area contributed by atoms with Gasteiger partial charge in [0.15, 0.2) is 0 Å². The molecule has 0 saturated carbocycles. The summed E-state index contributed by atoms with van der Waals surface area (Å²) in [5.41, 5.74) is 0. The van der Waals surface area contributed by atoms with E-state index in [0.717, 1.165) is 31.2 Å². The van der Waals surface area contributed by atoms with Crippen molar-refractivity contribution in [1.82, 2.24) is 4.67 Å². The van der Waals surface area contributed by atoms with Gasteiger partial charge >= 0.3 is 0 Å². The standard InChI is InChI=1S/C11H15FNPS2/c12-16-14(15,11-7-3-1-4-8-11)13-9-5-2-6-10-13/h1,3-4,7-8H,2,5-6,9-10H2. The summed E-state index contributed by atoms with van der Waals surface area (Å²) in [6.07, 6.45) is 3.54. The molecule has 0 spiro atoms. The third-order valence-corrected chi connectivity index (χ3v) is 8.88. The quantitative estimate of drug-likeness (QED) is 0.774. The van der Waals surface area contributed by atoms with Gasteiger partial charge in [0.05, 0.1) is 0 Å². The molecule has 0 amide bonds. The lowest BCUT2D eigenvalue weighted by atomic mass is 10.2. The molecule has 1 aliphatic heterocycles. The first-order valence-corrected chi connectivity index (χ1v) is 9.56. The van der Waals surface area contributed by atoms with Crippen LogP contribution in [0.5, 0.6) is 0 Å².